The molecule has 0 bridgehead atoms. The van der Waals surface area contributed by atoms with Gasteiger partial charge >= 0.3 is 0 Å². The quantitative estimate of drug-likeness (QED) is 0.847. The van der Waals surface area contributed by atoms with E-state index in [4.69, 9.17) is 5.73 Å². The van der Waals surface area contributed by atoms with Crippen molar-refractivity contribution in [1.82, 2.24) is 4.72 Å². The zero-order valence-corrected chi connectivity index (χ0v) is 13.7. The Kier molecular flexibility index (Phi) is 5.60. The van der Waals surface area contributed by atoms with E-state index in [1.54, 1.807) is 6.07 Å². The van der Waals surface area contributed by atoms with Crippen molar-refractivity contribution in [1.29, 1.82) is 0 Å². The van der Waals surface area contributed by atoms with Gasteiger partial charge in [-0.2, -0.15) is 0 Å². The maximum Gasteiger partial charge on any atom is 0.241 e. The normalized spacial score (nSPS) is 17.5. The number of rotatable bonds is 6. The monoisotopic (exact) mass is 316 g/mol. The second-order valence-electron chi connectivity index (χ2n) is 5.53. The second kappa shape index (κ2) is 7.02. The maximum atomic E-state index is 12.3. The molecule has 0 atom stereocenters. The average molecular weight is 316 g/mol. The Bertz CT molecular complexity index is 531. The molecule has 1 heterocycles. The lowest BCUT2D eigenvalue weighted by Crippen LogP contribution is -2.26. The topological polar surface area (TPSA) is 72.2 Å². The standard InChI is InChI=1S/C14H24N2O2S2/c1-11-14(9-13(10-15)19-11)20(17,18)16-8-7-12-5-3-2-4-6-12/h9,12,16H,2-8,10,15H2,1H3. The fraction of sp³-hybridized carbons (Fsp3) is 0.714. The third-order valence-corrected chi connectivity index (χ3v) is 6.77. The van der Waals surface area contributed by atoms with Gasteiger partial charge in [0.2, 0.25) is 10.0 Å². The molecule has 20 heavy (non-hydrogen) atoms. The molecule has 114 valence electrons. The van der Waals surface area contributed by atoms with Gasteiger partial charge < -0.3 is 5.73 Å². The van der Waals surface area contributed by atoms with Crippen molar-refractivity contribution in [3.63, 3.8) is 0 Å². The van der Waals surface area contributed by atoms with E-state index in [-0.39, 0.29) is 0 Å². The maximum absolute atomic E-state index is 12.3. The largest absolute Gasteiger partial charge is 0.326 e. The molecule has 1 aliphatic rings. The van der Waals surface area contributed by atoms with E-state index in [1.807, 2.05) is 6.92 Å². The first kappa shape index (κ1) is 15.9. The minimum atomic E-state index is -3.38. The summed E-state index contributed by atoms with van der Waals surface area (Å²) in [5, 5.41) is 0. The van der Waals surface area contributed by atoms with E-state index >= 15 is 0 Å². The Morgan fingerprint density at radius 1 is 1.35 bits per heavy atom. The molecule has 2 rings (SSSR count). The van der Waals surface area contributed by atoms with Gasteiger partial charge in [0.25, 0.3) is 0 Å². The number of sulfonamides is 1. The SMILES string of the molecule is Cc1sc(CN)cc1S(=O)(=O)NCCC1CCCCC1. The molecular formula is C14H24N2O2S2. The van der Waals surface area contributed by atoms with E-state index < -0.39 is 10.0 Å². The summed E-state index contributed by atoms with van der Waals surface area (Å²) >= 11 is 1.46. The van der Waals surface area contributed by atoms with Crippen molar-refractivity contribution in [3.05, 3.63) is 15.8 Å². The molecule has 0 spiro atoms. The number of hydrogen-bond donors (Lipinski definition) is 2. The van der Waals surface area contributed by atoms with Crippen LogP contribution in [0.4, 0.5) is 0 Å². The van der Waals surface area contributed by atoms with Gasteiger partial charge in [0.1, 0.15) is 0 Å². The van der Waals surface area contributed by atoms with Crippen LogP contribution in [0.15, 0.2) is 11.0 Å². The minimum Gasteiger partial charge on any atom is -0.326 e. The lowest BCUT2D eigenvalue weighted by atomic mass is 9.87. The van der Waals surface area contributed by atoms with Gasteiger partial charge in [-0.1, -0.05) is 32.1 Å². The first-order chi connectivity index (χ1) is 9.53. The smallest absolute Gasteiger partial charge is 0.241 e. The summed E-state index contributed by atoms with van der Waals surface area (Å²) in [6.07, 6.45) is 7.36. The highest BCUT2D eigenvalue weighted by Gasteiger charge is 2.20. The Hall–Kier alpha value is -0.430. The Morgan fingerprint density at radius 2 is 2.05 bits per heavy atom. The van der Waals surface area contributed by atoms with Crippen molar-refractivity contribution in [3.8, 4) is 0 Å². The summed E-state index contributed by atoms with van der Waals surface area (Å²) in [7, 11) is -3.38. The molecule has 0 aromatic carbocycles. The third-order valence-electron chi connectivity index (χ3n) is 3.98. The van der Waals surface area contributed by atoms with Gasteiger partial charge in [0.05, 0.1) is 4.90 Å². The molecule has 1 saturated carbocycles. The summed E-state index contributed by atoms with van der Waals surface area (Å²) in [4.78, 5) is 2.12. The van der Waals surface area contributed by atoms with Gasteiger partial charge in [-0.15, -0.1) is 11.3 Å². The summed E-state index contributed by atoms with van der Waals surface area (Å²) in [5.41, 5.74) is 5.57. The zero-order valence-electron chi connectivity index (χ0n) is 12.0. The molecule has 0 unspecified atom stereocenters. The number of nitrogens with one attached hydrogen (secondary N) is 1. The summed E-state index contributed by atoms with van der Waals surface area (Å²) in [6.45, 7) is 2.77. The van der Waals surface area contributed by atoms with Crippen LogP contribution < -0.4 is 10.5 Å². The van der Waals surface area contributed by atoms with Gasteiger partial charge in [-0.25, -0.2) is 13.1 Å². The fourth-order valence-corrected chi connectivity index (χ4v) is 5.40. The lowest BCUT2D eigenvalue weighted by Gasteiger charge is -2.21. The Labute approximate surface area is 125 Å². The minimum absolute atomic E-state index is 0.392. The van der Waals surface area contributed by atoms with E-state index in [9.17, 15) is 8.42 Å². The summed E-state index contributed by atoms with van der Waals surface area (Å²) < 4.78 is 27.3. The zero-order chi connectivity index (χ0) is 14.6. The number of thiophene rings is 1. The van der Waals surface area contributed by atoms with Gasteiger partial charge in [-0.3, -0.25) is 0 Å². The first-order valence-electron chi connectivity index (χ1n) is 7.32. The highest BCUT2D eigenvalue weighted by molar-refractivity contribution is 7.89. The van der Waals surface area contributed by atoms with Gasteiger partial charge in [-0.05, 0) is 25.3 Å². The fourth-order valence-electron chi connectivity index (χ4n) is 2.84. The van der Waals surface area contributed by atoms with Crippen LogP contribution in [0.2, 0.25) is 0 Å². The molecular weight excluding hydrogens is 292 g/mol. The molecule has 0 amide bonds. The number of nitrogens with two attached hydrogens (primary N) is 1. The molecule has 1 fully saturated rings. The van der Waals surface area contributed by atoms with Gasteiger partial charge in [0.15, 0.2) is 0 Å². The van der Waals surface area contributed by atoms with Crippen LogP contribution in [-0.4, -0.2) is 15.0 Å². The third kappa shape index (κ3) is 4.04. The molecule has 1 aromatic heterocycles. The van der Waals surface area contributed by atoms with E-state index in [0.29, 0.717) is 23.9 Å². The second-order valence-corrected chi connectivity index (χ2v) is 8.60. The highest BCUT2D eigenvalue weighted by Crippen LogP contribution is 2.27. The summed E-state index contributed by atoms with van der Waals surface area (Å²) in [6, 6.07) is 1.70. The average Bonchev–Trinajstić information content (AvgIpc) is 2.82. The molecule has 0 radical (unpaired) electrons. The van der Waals surface area contributed by atoms with Crippen LogP contribution in [0.25, 0.3) is 0 Å². The van der Waals surface area contributed by atoms with Crippen molar-refractivity contribution >= 4 is 21.4 Å². The van der Waals surface area contributed by atoms with Crippen LogP contribution in [0, 0.1) is 12.8 Å². The summed E-state index contributed by atoms with van der Waals surface area (Å²) in [5.74, 6) is 0.689. The first-order valence-corrected chi connectivity index (χ1v) is 9.62. The van der Waals surface area contributed by atoms with Crippen molar-refractivity contribution in [2.45, 2.75) is 56.9 Å². The molecule has 3 N–H and O–H groups in total. The van der Waals surface area contributed by atoms with E-state index in [1.165, 1.54) is 43.4 Å². The predicted octanol–water partition coefficient (Wildman–Crippen LogP) is 2.76. The molecule has 0 aliphatic heterocycles. The molecule has 6 heteroatoms. The molecule has 1 aliphatic carbocycles. The van der Waals surface area contributed by atoms with E-state index in [0.717, 1.165) is 16.2 Å². The van der Waals surface area contributed by atoms with Crippen LogP contribution in [0.3, 0.4) is 0 Å². The highest BCUT2D eigenvalue weighted by atomic mass is 32.2. The van der Waals surface area contributed by atoms with Crippen LogP contribution >= 0.6 is 11.3 Å². The van der Waals surface area contributed by atoms with Crippen LogP contribution in [-0.2, 0) is 16.6 Å². The molecule has 1 aromatic rings. The van der Waals surface area contributed by atoms with Crippen LogP contribution in [0.5, 0.6) is 0 Å². The Morgan fingerprint density at radius 3 is 2.65 bits per heavy atom. The van der Waals surface area contributed by atoms with Crippen molar-refractivity contribution in [2.24, 2.45) is 11.7 Å². The predicted molar refractivity (Wildman–Crippen MR) is 83.3 cm³/mol. The van der Waals surface area contributed by atoms with Gasteiger partial charge in [0, 0.05) is 22.8 Å². The van der Waals surface area contributed by atoms with E-state index in [2.05, 4.69) is 4.72 Å². The van der Waals surface area contributed by atoms with Crippen LogP contribution in [0.1, 0.15) is 48.3 Å². The number of hydrogen-bond acceptors (Lipinski definition) is 4. The number of aryl methyl sites for hydroxylation is 1. The van der Waals surface area contributed by atoms with Crippen molar-refractivity contribution in [2.75, 3.05) is 6.54 Å². The molecule has 0 saturated heterocycles. The lowest BCUT2D eigenvalue weighted by molar-refractivity contribution is 0.339. The molecule has 4 nitrogen and oxygen atoms in total. The Balaban J connectivity index is 1.91. The van der Waals surface area contributed by atoms with Crippen molar-refractivity contribution < 1.29 is 8.42 Å².